The maximum Gasteiger partial charge on any atom is 0.310 e. The van der Waals surface area contributed by atoms with Crippen molar-refractivity contribution < 1.29 is 23.5 Å². The molecular weight excluding hydrogens is 372 g/mol. The van der Waals surface area contributed by atoms with Crippen LogP contribution in [0.1, 0.15) is 31.2 Å². The number of anilines is 1. The van der Waals surface area contributed by atoms with Crippen LogP contribution < -0.4 is 10.6 Å². The molecule has 0 bridgehead atoms. The number of amides is 2. The molecular formula is C22H22N2O5. The van der Waals surface area contributed by atoms with Crippen molar-refractivity contribution in [2.45, 2.75) is 26.3 Å². The molecule has 3 aromatic rings. The first-order chi connectivity index (χ1) is 13.9. The van der Waals surface area contributed by atoms with Gasteiger partial charge in [-0.1, -0.05) is 30.3 Å². The minimum absolute atomic E-state index is 0.0345. The molecule has 0 aliphatic rings. The number of nitrogens with one attached hydrogen (secondary N) is 2. The standard InChI is InChI=1S/C22H22N2O5/c1-14(20-12-17-5-3-4-6-19(17)29-20)23-21(26)13-28-22(27)11-16-7-9-18(10-8-16)24-15(2)25/h3-10,12,14H,11,13H2,1-2H3,(H,23,26)(H,24,25)/t14-/m1/s1. The van der Waals surface area contributed by atoms with Crippen LogP contribution in [0.4, 0.5) is 5.69 Å². The molecule has 150 valence electrons. The zero-order chi connectivity index (χ0) is 20.8. The minimum atomic E-state index is -0.510. The zero-order valence-corrected chi connectivity index (χ0v) is 16.2. The summed E-state index contributed by atoms with van der Waals surface area (Å²) in [5.74, 6) is -0.457. The quantitative estimate of drug-likeness (QED) is 0.599. The highest BCUT2D eigenvalue weighted by Gasteiger charge is 2.15. The third-order valence-corrected chi connectivity index (χ3v) is 4.24. The molecule has 2 N–H and O–H groups in total. The number of benzene rings is 2. The van der Waals surface area contributed by atoms with Gasteiger partial charge in [0.2, 0.25) is 5.91 Å². The number of rotatable bonds is 7. The third kappa shape index (κ3) is 5.68. The lowest BCUT2D eigenvalue weighted by molar-refractivity contribution is -0.148. The van der Waals surface area contributed by atoms with E-state index in [9.17, 15) is 14.4 Å². The second-order valence-corrected chi connectivity index (χ2v) is 6.69. The molecule has 3 rings (SSSR count). The average Bonchev–Trinajstić information content (AvgIpc) is 3.12. The molecule has 2 amide bonds. The molecule has 0 fully saturated rings. The summed E-state index contributed by atoms with van der Waals surface area (Å²) in [5.41, 5.74) is 2.12. The van der Waals surface area contributed by atoms with Crippen LogP contribution in [0, 0.1) is 0 Å². The Labute approximate surface area is 168 Å². The maximum absolute atomic E-state index is 12.1. The lowest BCUT2D eigenvalue weighted by atomic mass is 10.1. The number of fused-ring (bicyclic) bond motifs is 1. The first kappa shape index (κ1) is 20.1. The Balaban J connectivity index is 1.45. The summed E-state index contributed by atoms with van der Waals surface area (Å²) in [6, 6.07) is 15.9. The Bertz CT molecular complexity index is 990. The largest absolute Gasteiger partial charge is 0.459 e. The molecule has 0 saturated heterocycles. The van der Waals surface area contributed by atoms with Crippen LogP contribution in [0.2, 0.25) is 0 Å². The highest BCUT2D eigenvalue weighted by atomic mass is 16.5. The van der Waals surface area contributed by atoms with Crippen molar-refractivity contribution in [3.63, 3.8) is 0 Å². The normalized spacial score (nSPS) is 11.7. The SMILES string of the molecule is CC(=O)Nc1ccc(CC(=O)OCC(=O)N[C@H](C)c2cc3ccccc3o2)cc1. The molecule has 0 saturated carbocycles. The third-order valence-electron chi connectivity index (χ3n) is 4.24. The second kappa shape index (κ2) is 9.05. The molecule has 2 aromatic carbocycles. The number of carbonyl (C=O) groups excluding carboxylic acids is 3. The highest BCUT2D eigenvalue weighted by Crippen LogP contribution is 2.23. The fraction of sp³-hybridized carbons (Fsp3) is 0.227. The molecule has 7 heteroatoms. The van der Waals surface area contributed by atoms with Crippen LogP contribution in [-0.2, 0) is 25.5 Å². The predicted octanol–water partition coefficient (Wildman–Crippen LogP) is 3.35. The van der Waals surface area contributed by atoms with E-state index in [4.69, 9.17) is 9.15 Å². The molecule has 1 heterocycles. The van der Waals surface area contributed by atoms with Crippen LogP contribution in [0.15, 0.2) is 59.0 Å². The molecule has 0 aliphatic carbocycles. The van der Waals surface area contributed by atoms with Crippen molar-refractivity contribution in [2.24, 2.45) is 0 Å². The van der Waals surface area contributed by atoms with Crippen molar-refractivity contribution in [3.05, 3.63) is 65.9 Å². The van der Waals surface area contributed by atoms with Gasteiger partial charge in [-0.2, -0.15) is 0 Å². The van der Waals surface area contributed by atoms with Gasteiger partial charge in [-0.15, -0.1) is 0 Å². The Morgan fingerprint density at radius 2 is 1.79 bits per heavy atom. The van der Waals surface area contributed by atoms with Gasteiger partial charge in [-0.25, -0.2) is 0 Å². The monoisotopic (exact) mass is 394 g/mol. The highest BCUT2D eigenvalue weighted by molar-refractivity contribution is 5.88. The summed E-state index contributed by atoms with van der Waals surface area (Å²) < 4.78 is 10.8. The van der Waals surface area contributed by atoms with E-state index in [2.05, 4.69) is 10.6 Å². The van der Waals surface area contributed by atoms with E-state index in [1.807, 2.05) is 30.3 Å². The average molecular weight is 394 g/mol. The summed E-state index contributed by atoms with van der Waals surface area (Å²) in [5, 5.41) is 6.36. The van der Waals surface area contributed by atoms with Crippen LogP contribution in [0.25, 0.3) is 11.0 Å². The van der Waals surface area contributed by atoms with Gasteiger partial charge in [-0.05, 0) is 36.8 Å². The Morgan fingerprint density at radius 1 is 1.07 bits per heavy atom. The van der Waals surface area contributed by atoms with Crippen molar-refractivity contribution >= 4 is 34.4 Å². The lowest BCUT2D eigenvalue weighted by Crippen LogP contribution is -2.31. The second-order valence-electron chi connectivity index (χ2n) is 6.69. The van der Waals surface area contributed by atoms with E-state index in [0.29, 0.717) is 11.4 Å². The number of furan rings is 1. The van der Waals surface area contributed by atoms with Crippen LogP contribution in [0.5, 0.6) is 0 Å². The van der Waals surface area contributed by atoms with Gasteiger partial charge in [0.05, 0.1) is 12.5 Å². The van der Waals surface area contributed by atoms with E-state index < -0.39 is 11.9 Å². The lowest BCUT2D eigenvalue weighted by Gasteiger charge is -2.11. The summed E-state index contributed by atoms with van der Waals surface area (Å²) in [6.45, 7) is 2.85. The molecule has 0 aliphatic heterocycles. The van der Waals surface area contributed by atoms with Crippen LogP contribution in [0.3, 0.4) is 0 Å². The smallest absolute Gasteiger partial charge is 0.310 e. The topological polar surface area (TPSA) is 97.6 Å². The first-order valence-electron chi connectivity index (χ1n) is 9.20. The summed E-state index contributed by atoms with van der Waals surface area (Å²) in [7, 11) is 0. The molecule has 0 radical (unpaired) electrons. The summed E-state index contributed by atoms with van der Waals surface area (Å²) in [6.07, 6.45) is 0.0345. The van der Waals surface area contributed by atoms with Gasteiger partial charge in [0, 0.05) is 18.0 Å². The Hall–Kier alpha value is -3.61. The number of para-hydroxylation sites is 1. The number of hydrogen-bond acceptors (Lipinski definition) is 5. The Kier molecular flexibility index (Phi) is 6.29. The number of esters is 1. The van der Waals surface area contributed by atoms with Crippen LogP contribution in [-0.4, -0.2) is 24.4 Å². The van der Waals surface area contributed by atoms with Crippen molar-refractivity contribution in [3.8, 4) is 0 Å². The van der Waals surface area contributed by atoms with Crippen molar-refractivity contribution in [1.82, 2.24) is 5.32 Å². The van der Waals surface area contributed by atoms with Gasteiger partial charge in [0.15, 0.2) is 6.61 Å². The van der Waals surface area contributed by atoms with Crippen molar-refractivity contribution in [1.29, 1.82) is 0 Å². The van der Waals surface area contributed by atoms with Crippen molar-refractivity contribution in [2.75, 3.05) is 11.9 Å². The van der Waals surface area contributed by atoms with Gasteiger partial charge >= 0.3 is 5.97 Å². The van der Waals surface area contributed by atoms with E-state index in [1.54, 1.807) is 31.2 Å². The molecule has 0 unspecified atom stereocenters. The number of ether oxygens (including phenoxy) is 1. The molecule has 7 nitrogen and oxygen atoms in total. The van der Waals surface area contributed by atoms with E-state index >= 15 is 0 Å². The summed E-state index contributed by atoms with van der Waals surface area (Å²) >= 11 is 0. The van der Waals surface area contributed by atoms with Gasteiger partial charge in [0.25, 0.3) is 5.91 Å². The van der Waals surface area contributed by atoms with E-state index in [-0.39, 0.29) is 25.0 Å². The maximum atomic E-state index is 12.1. The van der Waals surface area contributed by atoms with Gasteiger partial charge in [-0.3, -0.25) is 14.4 Å². The molecule has 1 atom stereocenters. The molecule has 0 spiro atoms. The van der Waals surface area contributed by atoms with E-state index in [1.165, 1.54) is 6.92 Å². The number of hydrogen-bond donors (Lipinski definition) is 2. The van der Waals surface area contributed by atoms with Crippen LogP contribution >= 0.6 is 0 Å². The minimum Gasteiger partial charge on any atom is -0.459 e. The Morgan fingerprint density at radius 3 is 2.48 bits per heavy atom. The molecule has 1 aromatic heterocycles. The fourth-order valence-electron chi connectivity index (χ4n) is 2.84. The fourth-order valence-corrected chi connectivity index (χ4v) is 2.84. The van der Waals surface area contributed by atoms with E-state index in [0.717, 1.165) is 16.5 Å². The first-order valence-corrected chi connectivity index (χ1v) is 9.20. The van der Waals surface area contributed by atoms with Gasteiger partial charge in [0.1, 0.15) is 11.3 Å². The predicted molar refractivity (Wildman–Crippen MR) is 108 cm³/mol. The summed E-state index contributed by atoms with van der Waals surface area (Å²) in [4.78, 5) is 35.0. The van der Waals surface area contributed by atoms with Gasteiger partial charge < -0.3 is 19.8 Å². The zero-order valence-electron chi connectivity index (χ0n) is 16.2. The molecule has 29 heavy (non-hydrogen) atoms. The number of carbonyl (C=O) groups is 3.